The second kappa shape index (κ2) is 5.71. The van der Waals surface area contributed by atoms with Gasteiger partial charge in [0.15, 0.2) is 0 Å². The molecule has 2 rings (SSSR count). The van der Waals surface area contributed by atoms with Crippen molar-refractivity contribution in [2.75, 3.05) is 5.32 Å². The molecule has 0 radical (unpaired) electrons. The summed E-state index contributed by atoms with van der Waals surface area (Å²) in [6.45, 7) is 0. The van der Waals surface area contributed by atoms with Gasteiger partial charge in [0, 0.05) is 15.3 Å². The number of carbonyl (C=O) groups is 1. The van der Waals surface area contributed by atoms with Crippen molar-refractivity contribution in [2.45, 2.75) is 31.7 Å². The second-order valence-corrected chi connectivity index (χ2v) is 5.78. The molecule has 0 spiro atoms. The molecule has 3 nitrogen and oxygen atoms in total. The van der Waals surface area contributed by atoms with Gasteiger partial charge >= 0.3 is 5.97 Å². The summed E-state index contributed by atoms with van der Waals surface area (Å²) in [6, 6.07) is 8.72. The lowest BCUT2D eigenvalue weighted by molar-refractivity contribution is -0.142. The van der Waals surface area contributed by atoms with Crippen molar-refractivity contribution in [2.24, 2.45) is 5.92 Å². The Bertz CT molecular complexity index is 383. The number of benzene rings is 1. The van der Waals surface area contributed by atoms with Crippen molar-refractivity contribution >= 4 is 34.2 Å². The minimum absolute atomic E-state index is 0.134. The van der Waals surface area contributed by atoms with E-state index in [4.69, 9.17) is 5.11 Å². The van der Waals surface area contributed by atoms with Gasteiger partial charge in [0.2, 0.25) is 0 Å². The molecule has 2 N–H and O–H groups in total. The Balaban J connectivity index is 1.85. The molecular formula is C13H16INO2. The number of nitrogens with one attached hydrogen (secondary N) is 1. The summed E-state index contributed by atoms with van der Waals surface area (Å²) in [5, 5.41) is 12.4. The number of rotatable bonds is 3. The Morgan fingerprint density at radius 1 is 1.18 bits per heavy atom. The average Bonchev–Trinajstić information content (AvgIpc) is 2.33. The quantitative estimate of drug-likeness (QED) is 0.826. The molecule has 17 heavy (non-hydrogen) atoms. The molecule has 1 aliphatic carbocycles. The molecule has 0 heterocycles. The molecule has 0 unspecified atom stereocenters. The summed E-state index contributed by atoms with van der Waals surface area (Å²) >= 11 is 2.28. The molecule has 0 saturated heterocycles. The third kappa shape index (κ3) is 3.59. The van der Waals surface area contributed by atoms with E-state index in [0.717, 1.165) is 31.4 Å². The van der Waals surface area contributed by atoms with Crippen LogP contribution in [0.2, 0.25) is 0 Å². The number of aliphatic carboxylic acids is 1. The van der Waals surface area contributed by atoms with E-state index in [0.29, 0.717) is 6.04 Å². The van der Waals surface area contributed by atoms with Crippen molar-refractivity contribution in [3.8, 4) is 0 Å². The number of carboxylic acid groups (broad SMARTS) is 1. The third-order valence-corrected chi connectivity index (χ3v) is 4.01. The molecule has 0 aliphatic heterocycles. The molecule has 1 fully saturated rings. The molecule has 1 aliphatic rings. The first-order valence-corrected chi connectivity index (χ1v) is 6.98. The molecule has 0 bridgehead atoms. The molecule has 1 aromatic rings. The van der Waals surface area contributed by atoms with Crippen LogP contribution in [0.15, 0.2) is 24.3 Å². The highest BCUT2D eigenvalue weighted by atomic mass is 127. The highest BCUT2D eigenvalue weighted by Gasteiger charge is 2.25. The predicted octanol–water partition coefficient (Wildman–Crippen LogP) is 3.35. The van der Waals surface area contributed by atoms with Crippen LogP contribution in [0.5, 0.6) is 0 Å². The first-order chi connectivity index (χ1) is 8.15. The Morgan fingerprint density at radius 2 is 1.76 bits per heavy atom. The summed E-state index contributed by atoms with van der Waals surface area (Å²) in [5.41, 5.74) is 1.13. The van der Waals surface area contributed by atoms with Crippen LogP contribution in [0, 0.1) is 9.49 Å². The maximum atomic E-state index is 10.8. The van der Waals surface area contributed by atoms with Crippen molar-refractivity contribution in [1.82, 2.24) is 0 Å². The van der Waals surface area contributed by atoms with E-state index in [1.165, 1.54) is 3.57 Å². The lowest BCUT2D eigenvalue weighted by Gasteiger charge is -2.27. The Hall–Kier alpha value is -0.780. The fourth-order valence-corrected chi connectivity index (χ4v) is 2.63. The fraction of sp³-hybridized carbons (Fsp3) is 0.462. The van der Waals surface area contributed by atoms with Gasteiger partial charge in [-0.15, -0.1) is 0 Å². The Morgan fingerprint density at radius 3 is 2.29 bits per heavy atom. The fourth-order valence-electron chi connectivity index (χ4n) is 2.27. The minimum Gasteiger partial charge on any atom is -0.481 e. The smallest absolute Gasteiger partial charge is 0.306 e. The monoisotopic (exact) mass is 345 g/mol. The van der Waals surface area contributed by atoms with E-state index in [1.54, 1.807) is 0 Å². The second-order valence-electron chi connectivity index (χ2n) is 4.54. The molecular weight excluding hydrogens is 329 g/mol. The standard InChI is InChI=1S/C13H16INO2/c14-10-3-7-12(8-4-10)15-11-5-1-9(2-6-11)13(16)17/h3-4,7-9,11,15H,1-2,5-6H2,(H,16,17). The summed E-state index contributed by atoms with van der Waals surface area (Å²) in [6.07, 6.45) is 3.47. The zero-order valence-corrected chi connectivity index (χ0v) is 11.7. The van der Waals surface area contributed by atoms with Crippen LogP contribution < -0.4 is 5.32 Å². The van der Waals surface area contributed by atoms with Gasteiger partial charge in [-0.05, 0) is 72.5 Å². The number of hydrogen-bond donors (Lipinski definition) is 2. The lowest BCUT2D eigenvalue weighted by atomic mass is 9.86. The van der Waals surface area contributed by atoms with Crippen LogP contribution in [-0.2, 0) is 4.79 Å². The van der Waals surface area contributed by atoms with E-state index < -0.39 is 5.97 Å². The molecule has 92 valence electrons. The van der Waals surface area contributed by atoms with Gasteiger partial charge in [0.1, 0.15) is 0 Å². The van der Waals surface area contributed by atoms with Gasteiger partial charge in [0.25, 0.3) is 0 Å². The number of hydrogen-bond acceptors (Lipinski definition) is 2. The van der Waals surface area contributed by atoms with E-state index in [1.807, 2.05) is 0 Å². The Kier molecular flexibility index (Phi) is 4.25. The van der Waals surface area contributed by atoms with E-state index in [9.17, 15) is 4.79 Å². The predicted molar refractivity (Wildman–Crippen MR) is 76.2 cm³/mol. The van der Waals surface area contributed by atoms with Gasteiger partial charge < -0.3 is 10.4 Å². The Labute approximate surface area is 115 Å². The number of anilines is 1. The van der Waals surface area contributed by atoms with Crippen molar-refractivity contribution < 1.29 is 9.90 Å². The molecule has 1 aromatic carbocycles. The average molecular weight is 345 g/mol. The topological polar surface area (TPSA) is 49.3 Å². The van der Waals surface area contributed by atoms with Gasteiger partial charge in [-0.1, -0.05) is 0 Å². The van der Waals surface area contributed by atoms with Crippen LogP contribution in [-0.4, -0.2) is 17.1 Å². The largest absolute Gasteiger partial charge is 0.481 e. The molecule has 0 atom stereocenters. The minimum atomic E-state index is -0.641. The first-order valence-electron chi connectivity index (χ1n) is 5.90. The molecule has 4 heteroatoms. The van der Waals surface area contributed by atoms with Gasteiger partial charge in [0.05, 0.1) is 5.92 Å². The van der Waals surface area contributed by atoms with E-state index >= 15 is 0 Å². The third-order valence-electron chi connectivity index (χ3n) is 3.29. The van der Waals surface area contributed by atoms with Crippen LogP contribution in [0.4, 0.5) is 5.69 Å². The van der Waals surface area contributed by atoms with Gasteiger partial charge in [-0.25, -0.2) is 0 Å². The van der Waals surface area contributed by atoms with Crippen LogP contribution >= 0.6 is 22.6 Å². The van der Waals surface area contributed by atoms with Crippen molar-refractivity contribution in [1.29, 1.82) is 0 Å². The van der Waals surface area contributed by atoms with Crippen LogP contribution in [0.3, 0.4) is 0 Å². The SMILES string of the molecule is O=C(O)C1CCC(Nc2ccc(I)cc2)CC1. The molecule has 1 saturated carbocycles. The van der Waals surface area contributed by atoms with Crippen molar-refractivity contribution in [3.63, 3.8) is 0 Å². The molecule has 0 amide bonds. The summed E-state index contributed by atoms with van der Waals surface area (Å²) in [4.78, 5) is 10.8. The maximum absolute atomic E-state index is 10.8. The highest BCUT2D eigenvalue weighted by molar-refractivity contribution is 14.1. The highest BCUT2D eigenvalue weighted by Crippen LogP contribution is 2.26. The summed E-state index contributed by atoms with van der Waals surface area (Å²) in [7, 11) is 0. The van der Waals surface area contributed by atoms with Gasteiger partial charge in [-0.3, -0.25) is 4.79 Å². The van der Waals surface area contributed by atoms with Crippen LogP contribution in [0.25, 0.3) is 0 Å². The van der Waals surface area contributed by atoms with E-state index in [2.05, 4.69) is 52.2 Å². The normalized spacial score (nSPS) is 24.3. The summed E-state index contributed by atoms with van der Waals surface area (Å²) in [5.74, 6) is -0.775. The van der Waals surface area contributed by atoms with Crippen LogP contribution in [0.1, 0.15) is 25.7 Å². The first kappa shape index (κ1) is 12.7. The summed E-state index contributed by atoms with van der Waals surface area (Å²) < 4.78 is 1.22. The van der Waals surface area contributed by atoms with E-state index in [-0.39, 0.29) is 5.92 Å². The van der Waals surface area contributed by atoms with Gasteiger partial charge in [-0.2, -0.15) is 0 Å². The number of carboxylic acids is 1. The van der Waals surface area contributed by atoms with Crippen molar-refractivity contribution in [3.05, 3.63) is 27.8 Å². The molecule has 0 aromatic heterocycles. The zero-order chi connectivity index (χ0) is 12.3. The number of halogens is 1. The maximum Gasteiger partial charge on any atom is 0.306 e. The zero-order valence-electron chi connectivity index (χ0n) is 9.53. The lowest BCUT2D eigenvalue weighted by Crippen LogP contribution is -2.29.